The van der Waals surface area contributed by atoms with Crippen LogP contribution in [-0.4, -0.2) is 30.1 Å². The molecule has 1 aliphatic rings. The van der Waals surface area contributed by atoms with Crippen LogP contribution in [0.5, 0.6) is 0 Å². The van der Waals surface area contributed by atoms with E-state index in [-0.39, 0.29) is 11.6 Å². The molecular weight excluding hydrogens is 256 g/mol. The van der Waals surface area contributed by atoms with Crippen molar-refractivity contribution in [2.75, 3.05) is 19.6 Å². The molecule has 19 heavy (non-hydrogen) atoms. The summed E-state index contributed by atoms with van der Waals surface area (Å²) in [5.74, 6) is 0. The first-order chi connectivity index (χ1) is 9.07. The molecule has 0 spiro atoms. The predicted molar refractivity (Wildman–Crippen MR) is 82.8 cm³/mol. The van der Waals surface area contributed by atoms with Crippen molar-refractivity contribution in [2.45, 2.75) is 45.2 Å². The second-order valence-corrected chi connectivity index (χ2v) is 6.27. The van der Waals surface area contributed by atoms with Crippen LogP contribution < -0.4 is 5.32 Å². The first-order valence-electron chi connectivity index (χ1n) is 7.30. The monoisotopic (exact) mass is 280 g/mol. The summed E-state index contributed by atoms with van der Waals surface area (Å²) in [6.45, 7) is 10.2. The Morgan fingerprint density at radius 3 is 2.47 bits per heavy atom. The number of likely N-dealkylation sites (N-methyl/N-ethyl adjacent to an activating group) is 1. The average molecular weight is 281 g/mol. The van der Waals surface area contributed by atoms with Crippen LogP contribution in [0, 0.1) is 0 Å². The molecule has 1 aromatic carbocycles. The fourth-order valence-electron chi connectivity index (χ4n) is 3.13. The van der Waals surface area contributed by atoms with Gasteiger partial charge in [-0.3, -0.25) is 4.90 Å². The van der Waals surface area contributed by atoms with E-state index >= 15 is 0 Å². The van der Waals surface area contributed by atoms with Crippen LogP contribution in [0.1, 0.15) is 45.2 Å². The molecule has 1 aromatic rings. The standard InChI is InChI=1S/C16H25ClN2/c1-4-18-15(13-9-5-6-10-14(13)17)16(2,3)19-11-7-8-12-19/h5-6,9-10,15,18H,4,7-8,11-12H2,1-3H3. The Balaban J connectivity index is 2.31. The zero-order chi connectivity index (χ0) is 13.9. The van der Waals surface area contributed by atoms with Crippen molar-refractivity contribution in [1.29, 1.82) is 0 Å². The van der Waals surface area contributed by atoms with E-state index in [0.29, 0.717) is 0 Å². The molecule has 0 aromatic heterocycles. The van der Waals surface area contributed by atoms with Gasteiger partial charge in [0.2, 0.25) is 0 Å². The topological polar surface area (TPSA) is 15.3 Å². The Labute approximate surface area is 122 Å². The maximum Gasteiger partial charge on any atom is 0.0516 e. The fraction of sp³-hybridized carbons (Fsp3) is 0.625. The van der Waals surface area contributed by atoms with E-state index in [4.69, 9.17) is 11.6 Å². The van der Waals surface area contributed by atoms with Gasteiger partial charge in [0.15, 0.2) is 0 Å². The summed E-state index contributed by atoms with van der Waals surface area (Å²) in [6, 6.07) is 8.47. The van der Waals surface area contributed by atoms with Crippen molar-refractivity contribution < 1.29 is 0 Å². The zero-order valence-corrected chi connectivity index (χ0v) is 13.0. The molecule has 106 valence electrons. The molecule has 0 aliphatic carbocycles. The van der Waals surface area contributed by atoms with Gasteiger partial charge in [-0.2, -0.15) is 0 Å². The van der Waals surface area contributed by atoms with Gasteiger partial charge in [0, 0.05) is 10.6 Å². The van der Waals surface area contributed by atoms with Gasteiger partial charge in [-0.15, -0.1) is 0 Å². The lowest BCUT2D eigenvalue weighted by atomic mass is 9.87. The summed E-state index contributed by atoms with van der Waals surface area (Å²) < 4.78 is 0. The fourth-order valence-corrected chi connectivity index (χ4v) is 3.37. The van der Waals surface area contributed by atoms with E-state index < -0.39 is 0 Å². The van der Waals surface area contributed by atoms with Crippen molar-refractivity contribution in [3.05, 3.63) is 34.9 Å². The summed E-state index contributed by atoms with van der Waals surface area (Å²) in [5.41, 5.74) is 1.29. The van der Waals surface area contributed by atoms with Crippen LogP contribution in [0.3, 0.4) is 0 Å². The second kappa shape index (κ2) is 6.25. The Morgan fingerprint density at radius 2 is 1.89 bits per heavy atom. The maximum absolute atomic E-state index is 6.41. The summed E-state index contributed by atoms with van der Waals surface area (Å²) >= 11 is 6.41. The van der Waals surface area contributed by atoms with Gasteiger partial charge in [-0.1, -0.05) is 36.7 Å². The van der Waals surface area contributed by atoms with Crippen LogP contribution in [0.25, 0.3) is 0 Å². The number of hydrogen-bond donors (Lipinski definition) is 1. The normalized spacial score (nSPS) is 18.7. The molecule has 2 rings (SSSR count). The first-order valence-corrected chi connectivity index (χ1v) is 7.68. The average Bonchev–Trinajstić information content (AvgIpc) is 2.91. The molecule has 1 heterocycles. The highest BCUT2D eigenvalue weighted by atomic mass is 35.5. The quantitative estimate of drug-likeness (QED) is 0.881. The van der Waals surface area contributed by atoms with Crippen molar-refractivity contribution in [1.82, 2.24) is 10.2 Å². The summed E-state index contributed by atoms with van der Waals surface area (Å²) in [5, 5.41) is 4.49. The highest BCUT2D eigenvalue weighted by molar-refractivity contribution is 6.31. The molecule has 2 nitrogen and oxygen atoms in total. The zero-order valence-electron chi connectivity index (χ0n) is 12.2. The molecule has 1 saturated heterocycles. The molecule has 1 fully saturated rings. The van der Waals surface area contributed by atoms with E-state index in [1.165, 1.54) is 31.5 Å². The third-order valence-electron chi connectivity index (χ3n) is 4.25. The number of rotatable bonds is 5. The number of likely N-dealkylation sites (tertiary alicyclic amines) is 1. The largest absolute Gasteiger partial charge is 0.309 e. The predicted octanol–water partition coefficient (Wildman–Crippen LogP) is 3.87. The second-order valence-electron chi connectivity index (χ2n) is 5.86. The summed E-state index contributed by atoms with van der Waals surface area (Å²) in [6.07, 6.45) is 2.62. The van der Waals surface area contributed by atoms with Gasteiger partial charge in [-0.05, 0) is 58.0 Å². The number of halogens is 1. The van der Waals surface area contributed by atoms with Crippen LogP contribution in [0.2, 0.25) is 5.02 Å². The summed E-state index contributed by atoms with van der Waals surface area (Å²) in [4.78, 5) is 2.59. The van der Waals surface area contributed by atoms with Crippen LogP contribution in [0.15, 0.2) is 24.3 Å². The Morgan fingerprint density at radius 1 is 1.26 bits per heavy atom. The molecule has 0 amide bonds. The molecule has 1 unspecified atom stereocenters. The van der Waals surface area contributed by atoms with Gasteiger partial charge in [0.25, 0.3) is 0 Å². The number of nitrogens with one attached hydrogen (secondary N) is 1. The molecule has 1 aliphatic heterocycles. The molecule has 1 atom stereocenters. The third kappa shape index (κ3) is 3.13. The van der Waals surface area contributed by atoms with Gasteiger partial charge in [0.05, 0.1) is 6.04 Å². The van der Waals surface area contributed by atoms with E-state index in [1.54, 1.807) is 0 Å². The molecule has 3 heteroatoms. The van der Waals surface area contributed by atoms with E-state index in [1.807, 2.05) is 12.1 Å². The Bertz CT molecular complexity index is 411. The van der Waals surface area contributed by atoms with Crippen molar-refractivity contribution in [3.8, 4) is 0 Å². The maximum atomic E-state index is 6.41. The minimum absolute atomic E-state index is 0.0809. The molecule has 0 saturated carbocycles. The Hall–Kier alpha value is -0.570. The highest BCUT2D eigenvalue weighted by Gasteiger charge is 2.37. The minimum atomic E-state index is 0.0809. The lowest BCUT2D eigenvalue weighted by Gasteiger charge is -2.43. The SMILES string of the molecule is CCNC(c1ccccc1Cl)C(C)(C)N1CCCC1. The summed E-state index contributed by atoms with van der Waals surface area (Å²) in [7, 11) is 0. The number of nitrogens with zero attached hydrogens (tertiary/aromatic N) is 1. The number of benzene rings is 1. The Kier molecular flexibility index (Phi) is 4.88. The number of hydrogen-bond acceptors (Lipinski definition) is 2. The minimum Gasteiger partial charge on any atom is -0.309 e. The lowest BCUT2D eigenvalue weighted by molar-refractivity contribution is 0.107. The van der Waals surface area contributed by atoms with E-state index in [9.17, 15) is 0 Å². The van der Waals surface area contributed by atoms with Gasteiger partial charge >= 0.3 is 0 Å². The van der Waals surface area contributed by atoms with Gasteiger partial charge in [-0.25, -0.2) is 0 Å². The smallest absolute Gasteiger partial charge is 0.0516 e. The van der Waals surface area contributed by atoms with E-state index in [0.717, 1.165) is 11.6 Å². The van der Waals surface area contributed by atoms with Gasteiger partial charge in [0.1, 0.15) is 0 Å². The van der Waals surface area contributed by atoms with Crippen molar-refractivity contribution >= 4 is 11.6 Å². The first kappa shape index (κ1) is 14.8. The van der Waals surface area contributed by atoms with Crippen LogP contribution in [0.4, 0.5) is 0 Å². The molecular formula is C16H25ClN2. The van der Waals surface area contributed by atoms with Crippen molar-refractivity contribution in [3.63, 3.8) is 0 Å². The third-order valence-corrected chi connectivity index (χ3v) is 4.60. The molecule has 1 N–H and O–H groups in total. The molecule has 0 radical (unpaired) electrons. The molecule has 0 bridgehead atoms. The van der Waals surface area contributed by atoms with Crippen molar-refractivity contribution in [2.24, 2.45) is 0 Å². The van der Waals surface area contributed by atoms with Crippen LogP contribution >= 0.6 is 11.6 Å². The lowest BCUT2D eigenvalue weighted by Crippen LogP contribution is -2.51. The van der Waals surface area contributed by atoms with Crippen LogP contribution in [-0.2, 0) is 0 Å². The highest BCUT2D eigenvalue weighted by Crippen LogP contribution is 2.36. The van der Waals surface area contributed by atoms with Gasteiger partial charge < -0.3 is 5.32 Å². The van der Waals surface area contributed by atoms with E-state index in [2.05, 4.69) is 43.1 Å².